The molecule has 0 bridgehead atoms. The first-order chi connectivity index (χ1) is 14.6. The van der Waals surface area contributed by atoms with Crippen LogP contribution in [0.2, 0.25) is 0 Å². The quantitative estimate of drug-likeness (QED) is 0.350. The molecule has 2 amide bonds. The van der Waals surface area contributed by atoms with Gasteiger partial charge in [-0.25, -0.2) is 0 Å². The van der Waals surface area contributed by atoms with Crippen molar-refractivity contribution in [2.75, 3.05) is 19.7 Å². The van der Waals surface area contributed by atoms with Crippen molar-refractivity contribution in [3.05, 3.63) is 40.8 Å². The number of aliphatic hydroxyl groups is 1. The third kappa shape index (κ3) is 6.15. The van der Waals surface area contributed by atoms with Gasteiger partial charge < -0.3 is 10.0 Å². The highest BCUT2D eigenvalue weighted by molar-refractivity contribution is 8.26. The Hall–Kier alpha value is -1.70. The molecule has 5 nitrogen and oxygen atoms in total. The minimum atomic E-state index is -0.0231. The molecule has 1 aromatic carbocycles. The van der Waals surface area contributed by atoms with E-state index in [0.717, 1.165) is 50.6 Å². The van der Waals surface area contributed by atoms with Gasteiger partial charge in [-0.3, -0.25) is 14.5 Å². The molecule has 3 rings (SSSR count). The third-order valence-corrected chi connectivity index (χ3v) is 7.03. The van der Waals surface area contributed by atoms with E-state index < -0.39 is 0 Å². The van der Waals surface area contributed by atoms with Crippen LogP contribution in [0.3, 0.4) is 0 Å². The Labute approximate surface area is 188 Å². The predicted octanol–water partition coefficient (Wildman–Crippen LogP) is 4.21. The summed E-state index contributed by atoms with van der Waals surface area (Å²) in [5.41, 5.74) is 0.994. The molecule has 2 saturated heterocycles. The molecule has 1 N–H and O–H groups in total. The van der Waals surface area contributed by atoms with Gasteiger partial charge in [0.25, 0.3) is 5.91 Å². The highest BCUT2D eigenvalue weighted by Gasteiger charge is 2.31. The van der Waals surface area contributed by atoms with Crippen LogP contribution in [0, 0.1) is 0 Å². The molecule has 0 aliphatic carbocycles. The number of carbonyl (C=O) groups excluding carboxylic acids is 2. The largest absolute Gasteiger partial charge is 0.396 e. The summed E-state index contributed by atoms with van der Waals surface area (Å²) in [6.07, 6.45) is 8.82. The topological polar surface area (TPSA) is 60.9 Å². The van der Waals surface area contributed by atoms with E-state index in [1.54, 1.807) is 4.90 Å². The van der Waals surface area contributed by atoms with Crippen LogP contribution in [0.5, 0.6) is 0 Å². The van der Waals surface area contributed by atoms with Gasteiger partial charge in [0, 0.05) is 32.2 Å². The molecule has 0 radical (unpaired) electrons. The lowest BCUT2D eigenvalue weighted by atomic mass is 9.99. The molecule has 2 aliphatic rings. The first-order valence-corrected chi connectivity index (χ1v) is 12.0. The molecule has 30 heavy (non-hydrogen) atoms. The van der Waals surface area contributed by atoms with E-state index in [1.807, 2.05) is 41.3 Å². The molecule has 2 fully saturated rings. The predicted molar refractivity (Wildman–Crippen MR) is 126 cm³/mol. The zero-order chi connectivity index (χ0) is 21.3. The molecule has 2 aliphatic heterocycles. The summed E-state index contributed by atoms with van der Waals surface area (Å²) >= 11 is 6.76. The van der Waals surface area contributed by atoms with E-state index in [2.05, 4.69) is 0 Å². The first-order valence-electron chi connectivity index (χ1n) is 10.8. The van der Waals surface area contributed by atoms with E-state index in [0.29, 0.717) is 28.6 Å². The second-order valence-electron chi connectivity index (χ2n) is 7.80. The van der Waals surface area contributed by atoms with Crippen LogP contribution in [0.15, 0.2) is 35.2 Å². The number of nitrogens with zero attached hydrogens (tertiary/aromatic N) is 2. The minimum absolute atomic E-state index is 0.0231. The number of likely N-dealkylation sites (tertiary alicyclic amines) is 1. The number of aliphatic hydroxyl groups excluding tert-OH is 1. The Kier molecular flexibility index (Phi) is 8.90. The lowest BCUT2D eigenvalue weighted by molar-refractivity contribution is -0.135. The third-order valence-electron chi connectivity index (χ3n) is 5.65. The number of unbranched alkanes of at least 4 members (excludes halogenated alkanes) is 2. The number of carbonyl (C=O) groups is 2. The molecule has 162 valence electrons. The number of thioether (sulfide) groups is 1. The summed E-state index contributed by atoms with van der Waals surface area (Å²) in [5.74, 6) is 0.176. The van der Waals surface area contributed by atoms with Gasteiger partial charge >= 0.3 is 0 Å². The van der Waals surface area contributed by atoms with E-state index in [-0.39, 0.29) is 24.5 Å². The van der Waals surface area contributed by atoms with Gasteiger partial charge in [-0.2, -0.15) is 0 Å². The van der Waals surface area contributed by atoms with Crippen molar-refractivity contribution in [3.8, 4) is 0 Å². The summed E-state index contributed by atoms with van der Waals surface area (Å²) in [4.78, 5) is 29.6. The van der Waals surface area contributed by atoms with Crippen LogP contribution < -0.4 is 0 Å². The van der Waals surface area contributed by atoms with Crippen molar-refractivity contribution < 1.29 is 14.7 Å². The number of hydrogen-bond acceptors (Lipinski definition) is 5. The molecule has 1 unspecified atom stereocenters. The Bertz CT molecular complexity index is 780. The van der Waals surface area contributed by atoms with Crippen LogP contribution in [0.1, 0.15) is 56.9 Å². The standard InChI is InChI=1S/C23H30N2O3S2/c26-16-13-19-11-6-8-14-24(19)21(27)12-5-2-7-15-25-22(28)20(30-23(25)29)17-18-9-3-1-4-10-18/h1,3-4,9-10,17,19,26H,2,5-8,11-16H2/b20-17-. The Morgan fingerprint density at radius 3 is 2.77 bits per heavy atom. The SMILES string of the molecule is O=C1/C(=C/c2ccccc2)SC(=S)N1CCCCCC(=O)N1CCCCC1CCO. The number of piperidine rings is 1. The molecule has 1 aromatic rings. The van der Waals surface area contributed by atoms with Gasteiger partial charge in [0.15, 0.2) is 0 Å². The summed E-state index contributed by atoms with van der Waals surface area (Å²) in [6, 6.07) is 9.98. The molecule has 0 saturated carbocycles. The van der Waals surface area contributed by atoms with Crippen molar-refractivity contribution in [2.24, 2.45) is 0 Å². The van der Waals surface area contributed by atoms with E-state index in [9.17, 15) is 14.7 Å². The molecule has 0 aromatic heterocycles. The van der Waals surface area contributed by atoms with Gasteiger partial charge in [0.05, 0.1) is 4.91 Å². The van der Waals surface area contributed by atoms with Crippen molar-refractivity contribution in [1.82, 2.24) is 9.80 Å². The van der Waals surface area contributed by atoms with Crippen LogP contribution >= 0.6 is 24.0 Å². The maximum Gasteiger partial charge on any atom is 0.266 e. The molecule has 1 atom stereocenters. The van der Waals surface area contributed by atoms with E-state index in [1.165, 1.54) is 11.8 Å². The van der Waals surface area contributed by atoms with Gasteiger partial charge in [-0.1, -0.05) is 60.7 Å². The average Bonchev–Trinajstić information content (AvgIpc) is 3.02. The number of rotatable bonds is 9. The average molecular weight is 447 g/mol. The lowest BCUT2D eigenvalue weighted by Gasteiger charge is -2.35. The molecule has 2 heterocycles. The summed E-state index contributed by atoms with van der Waals surface area (Å²) in [7, 11) is 0. The highest BCUT2D eigenvalue weighted by Crippen LogP contribution is 2.32. The van der Waals surface area contributed by atoms with Gasteiger partial charge in [-0.15, -0.1) is 0 Å². The van der Waals surface area contributed by atoms with E-state index >= 15 is 0 Å². The number of hydrogen-bond donors (Lipinski definition) is 1. The Balaban J connectivity index is 1.41. The monoisotopic (exact) mass is 446 g/mol. The minimum Gasteiger partial charge on any atom is -0.396 e. The van der Waals surface area contributed by atoms with Crippen molar-refractivity contribution in [3.63, 3.8) is 0 Å². The molecular weight excluding hydrogens is 416 g/mol. The zero-order valence-electron chi connectivity index (χ0n) is 17.3. The van der Waals surface area contributed by atoms with Crippen molar-refractivity contribution in [2.45, 2.75) is 57.4 Å². The van der Waals surface area contributed by atoms with E-state index in [4.69, 9.17) is 12.2 Å². The highest BCUT2D eigenvalue weighted by atomic mass is 32.2. The second-order valence-corrected chi connectivity index (χ2v) is 9.48. The number of benzene rings is 1. The van der Waals surface area contributed by atoms with Crippen LogP contribution in [-0.2, 0) is 9.59 Å². The maximum absolute atomic E-state index is 12.7. The summed E-state index contributed by atoms with van der Waals surface area (Å²) < 4.78 is 0.610. The Morgan fingerprint density at radius 1 is 1.20 bits per heavy atom. The van der Waals surface area contributed by atoms with Gasteiger partial charge in [0.2, 0.25) is 5.91 Å². The molecule has 7 heteroatoms. The Morgan fingerprint density at radius 2 is 2.00 bits per heavy atom. The molecule has 0 spiro atoms. The maximum atomic E-state index is 12.7. The van der Waals surface area contributed by atoms with Crippen LogP contribution in [0.25, 0.3) is 6.08 Å². The normalized spacial score (nSPS) is 21.0. The zero-order valence-corrected chi connectivity index (χ0v) is 18.9. The van der Waals surface area contributed by atoms with Crippen molar-refractivity contribution >= 4 is 46.2 Å². The molecular formula is C23H30N2O3S2. The first kappa shape index (κ1) is 23.0. The summed E-state index contributed by atoms with van der Waals surface area (Å²) in [5, 5.41) is 9.23. The fourth-order valence-corrected chi connectivity index (χ4v) is 5.35. The lowest BCUT2D eigenvalue weighted by Crippen LogP contribution is -2.44. The fraction of sp³-hybridized carbons (Fsp3) is 0.522. The van der Waals surface area contributed by atoms with Crippen LogP contribution in [0.4, 0.5) is 0 Å². The van der Waals surface area contributed by atoms with Crippen molar-refractivity contribution in [1.29, 1.82) is 0 Å². The van der Waals surface area contributed by atoms with Gasteiger partial charge in [-0.05, 0) is 50.2 Å². The summed E-state index contributed by atoms with van der Waals surface area (Å²) in [6.45, 7) is 1.55. The van der Waals surface area contributed by atoms with Crippen LogP contribution in [-0.4, -0.2) is 56.8 Å². The number of thiocarbonyl (C=S) groups is 1. The fourth-order valence-electron chi connectivity index (χ4n) is 4.04. The number of amides is 2. The second kappa shape index (κ2) is 11.6. The van der Waals surface area contributed by atoms with Gasteiger partial charge in [0.1, 0.15) is 4.32 Å². The smallest absolute Gasteiger partial charge is 0.266 e.